The van der Waals surface area contributed by atoms with E-state index in [2.05, 4.69) is 18.0 Å². The molecule has 2 aromatic carbocycles. The topological polar surface area (TPSA) is 42.4 Å². The van der Waals surface area contributed by atoms with E-state index in [1.807, 2.05) is 61.7 Å². The van der Waals surface area contributed by atoms with Gasteiger partial charge in [-0.15, -0.1) is 11.3 Å². The van der Waals surface area contributed by atoms with Crippen LogP contribution >= 0.6 is 11.3 Å². The largest absolute Gasteiger partial charge is 0.493 e. The molecule has 0 saturated carbocycles. The Bertz CT molecular complexity index is 890. The second-order valence-corrected chi connectivity index (χ2v) is 6.97. The maximum atomic E-state index is 12.9. The van der Waals surface area contributed by atoms with Crippen LogP contribution in [0.2, 0.25) is 0 Å². The highest BCUT2D eigenvalue weighted by molar-refractivity contribution is 7.14. The summed E-state index contributed by atoms with van der Waals surface area (Å²) in [5.74, 6) is 0.796. The second kappa shape index (κ2) is 8.15. The molecule has 0 bridgehead atoms. The predicted octanol–water partition coefficient (Wildman–Crippen LogP) is 5.20. The number of carbonyl (C=O) groups is 1. The Morgan fingerprint density at radius 2 is 1.85 bits per heavy atom. The first-order chi connectivity index (χ1) is 12.6. The van der Waals surface area contributed by atoms with Gasteiger partial charge < -0.3 is 4.74 Å². The van der Waals surface area contributed by atoms with E-state index in [9.17, 15) is 4.79 Å². The highest BCUT2D eigenvalue weighted by Gasteiger charge is 2.20. The molecule has 1 heterocycles. The zero-order chi connectivity index (χ0) is 18.5. The van der Waals surface area contributed by atoms with Crippen molar-refractivity contribution in [2.24, 2.45) is 0 Å². The number of rotatable bonds is 6. The summed E-state index contributed by atoms with van der Waals surface area (Å²) in [6.45, 7) is 6.34. The van der Waals surface area contributed by atoms with E-state index in [4.69, 9.17) is 4.74 Å². The highest BCUT2D eigenvalue weighted by Crippen LogP contribution is 2.29. The quantitative estimate of drug-likeness (QED) is 0.602. The number of para-hydroxylation sites is 1. The van der Waals surface area contributed by atoms with Crippen molar-refractivity contribution in [2.45, 2.75) is 27.2 Å². The smallest absolute Gasteiger partial charge is 0.236 e. The summed E-state index contributed by atoms with van der Waals surface area (Å²) in [7, 11) is 0. The summed E-state index contributed by atoms with van der Waals surface area (Å²) < 4.78 is 5.85. The molecular weight excluding hydrogens is 344 g/mol. The number of aryl methyl sites for hydroxylation is 2. The standard InChI is InChI=1S/C21H22N2O2S/c1-15-8-7-11-19(17(15)3)25-13-12-20(24)23(18-9-5-4-6-10-18)21-22-16(2)14-26-21/h4-11,14H,12-13H2,1-3H3. The van der Waals surface area contributed by atoms with Gasteiger partial charge >= 0.3 is 0 Å². The van der Waals surface area contributed by atoms with Gasteiger partial charge in [-0.3, -0.25) is 9.69 Å². The summed E-state index contributed by atoms with van der Waals surface area (Å²) in [6, 6.07) is 15.6. The predicted molar refractivity (Wildman–Crippen MR) is 106 cm³/mol. The Labute approximate surface area is 158 Å². The molecule has 0 aliphatic carbocycles. The van der Waals surface area contributed by atoms with Crippen LogP contribution in [-0.2, 0) is 4.79 Å². The summed E-state index contributed by atoms with van der Waals surface area (Å²) in [4.78, 5) is 19.1. The molecule has 0 aliphatic heterocycles. The number of hydrogen-bond donors (Lipinski definition) is 0. The van der Waals surface area contributed by atoms with Crippen molar-refractivity contribution in [1.82, 2.24) is 4.98 Å². The molecule has 134 valence electrons. The fourth-order valence-electron chi connectivity index (χ4n) is 2.62. The third-order valence-corrected chi connectivity index (χ3v) is 5.13. The molecular formula is C21H22N2O2S. The second-order valence-electron chi connectivity index (χ2n) is 6.13. The first-order valence-electron chi connectivity index (χ1n) is 8.55. The Hall–Kier alpha value is -2.66. The molecule has 0 radical (unpaired) electrons. The van der Waals surface area contributed by atoms with Crippen LogP contribution in [0.25, 0.3) is 0 Å². The minimum absolute atomic E-state index is 0.0316. The van der Waals surface area contributed by atoms with Gasteiger partial charge in [0.15, 0.2) is 5.13 Å². The van der Waals surface area contributed by atoms with Gasteiger partial charge in [0.1, 0.15) is 5.75 Å². The lowest BCUT2D eigenvalue weighted by Gasteiger charge is -2.20. The van der Waals surface area contributed by atoms with E-state index in [1.165, 1.54) is 16.9 Å². The molecule has 0 aliphatic rings. The fourth-order valence-corrected chi connectivity index (χ4v) is 3.46. The van der Waals surface area contributed by atoms with Gasteiger partial charge in [-0.2, -0.15) is 0 Å². The Balaban J connectivity index is 1.73. The fraction of sp³-hybridized carbons (Fsp3) is 0.238. The van der Waals surface area contributed by atoms with E-state index in [-0.39, 0.29) is 12.3 Å². The van der Waals surface area contributed by atoms with Crippen molar-refractivity contribution in [3.63, 3.8) is 0 Å². The average molecular weight is 366 g/mol. The third-order valence-electron chi connectivity index (χ3n) is 4.19. The first kappa shape index (κ1) is 18.1. The van der Waals surface area contributed by atoms with Crippen molar-refractivity contribution in [1.29, 1.82) is 0 Å². The van der Waals surface area contributed by atoms with Gasteiger partial charge in [-0.25, -0.2) is 4.98 Å². The third kappa shape index (κ3) is 4.11. The highest BCUT2D eigenvalue weighted by atomic mass is 32.1. The Morgan fingerprint density at radius 1 is 1.08 bits per heavy atom. The molecule has 4 nitrogen and oxygen atoms in total. The van der Waals surface area contributed by atoms with E-state index >= 15 is 0 Å². The summed E-state index contributed by atoms with van der Waals surface area (Å²) in [5, 5.41) is 2.64. The summed E-state index contributed by atoms with van der Waals surface area (Å²) >= 11 is 1.47. The number of thiazole rings is 1. The number of aromatic nitrogens is 1. The number of nitrogens with zero attached hydrogens (tertiary/aromatic N) is 2. The molecule has 0 saturated heterocycles. The van der Waals surface area contributed by atoms with Crippen molar-refractivity contribution in [2.75, 3.05) is 11.5 Å². The molecule has 0 atom stereocenters. The number of ether oxygens (including phenoxy) is 1. The maximum Gasteiger partial charge on any atom is 0.236 e. The van der Waals surface area contributed by atoms with E-state index < -0.39 is 0 Å². The molecule has 1 amide bonds. The number of hydrogen-bond acceptors (Lipinski definition) is 4. The lowest BCUT2D eigenvalue weighted by Crippen LogP contribution is -2.27. The molecule has 0 N–H and O–H groups in total. The number of benzene rings is 2. The number of amides is 1. The molecule has 3 rings (SSSR count). The van der Waals surface area contributed by atoms with Gasteiger partial charge in [0, 0.05) is 5.38 Å². The Kier molecular flexibility index (Phi) is 5.68. The minimum atomic E-state index is -0.0316. The van der Waals surface area contributed by atoms with E-state index in [0.29, 0.717) is 11.7 Å². The van der Waals surface area contributed by atoms with Crippen molar-refractivity contribution >= 4 is 28.1 Å². The maximum absolute atomic E-state index is 12.9. The molecule has 5 heteroatoms. The van der Waals surface area contributed by atoms with Crippen LogP contribution in [0.5, 0.6) is 5.75 Å². The van der Waals surface area contributed by atoms with Crippen LogP contribution in [0.15, 0.2) is 53.9 Å². The van der Waals surface area contributed by atoms with Crippen LogP contribution in [0, 0.1) is 20.8 Å². The molecule has 0 unspecified atom stereocenters. The lowest BCUT2D eigenvalue weighted by atomic mass is 10.1. The van der Waals surface area contributed by atoms with Crippen molar-refractivity contribution in [3.8, 4) is 5.75 Å². The zero-order valence-corrected chi connectivity index (χ0v) is 16.0. The van der Waals surface area contributed by atoms with Crippen molar-refractivity contribution < 1.29 is 9.53 Å². The SMILES string of the molecule is Cc1csc(N(C(=O)CCOc2cccc(C)c2C)c2ccccc2)n1. The monoisotopic (exact) mass is 366 g/mol. The molecule has 3 aromatic rings. The zero-order valence-electron chi connectivity index (χ0n) is 15.2. The Morgan fingerprint density at radius 3 is 2.54 bits per heavy atom. The summed E-state index contributed by atoms with van der Waals surface area (Å²) in [6.07, 6.45) is 0.279. The molecule has 0 fully saturated rings. The van der Waals surface area contributed by atoms with Gasteiger partial charge in [0.05, 0.1) is 24.4 Å². The van der Waals surface area contributed by atoms with Crippen LogP contribution in [0.4, 0.5) is 10.8 Å². The van der Waals surface area contributed by atoms with Gasteiger partial charge in [-0.1, -0.05) is 30.3 Å². The average Bonchev–Trinajstić information content (AvgIpc) is 3.05. The van der Waals surface area contributed by atoms with Gasteiger partial charge in [-0.05, 0) is 50.1 Å². The van der Waals surface area contributed by atoms with E-state index in [0.717, 1.165) is 22.7 Å². The lowest BCUT2D eigenvalue weighted by molar-refractivity contribution is -0.118. The first-order valence-corrected chi connectivity index (χ1v) is 9.43. The number of carbonyl (C=O) groups excluding carboxylic acids is 1. The van der Waals surface area contributed by atoms with Crippen LogP contribution in [0.3, 0.4) is 0 Å². The van der Waals surface area contributed by atoms with Crippen LogP contribution in [0.1, 0.15) is 23.2 Å². The minimum Gasteiger partial charge on any atom is -0.493 e. The number of anilines is 2. The molecule has 26 heavy (non-hydrogen) atoms. The molecule has 0 spiro atoms. The normalized spacial score (nSPS) is 10.6. The van der Waals surface area contributed by atoms with Crippen LogP contribution in [-0.4, -0.2) is 17.5 Å². The van der Waals surface area contributed by atoms with Gasteiger partial charge in [0.2, 0.25) is 5.91 Å². The van der Waals surface area contributed by atoms with Crippen LogP contribution < -0.4 is 9.64 Å². The van der Waals surface area contributed by atoms with E-state index in [1.54, 1.807) is 4.90 Å². The van der Waals surface area contributed by atoms with Gasteiger partial charge in [0.25, 0.3) is 0 Å². The van der Waals surface area contributed by atoms with Crippen molar-refractivity contribution in [3.05, 3.63) is 70.7 Å². The summed E-state index contributed by atoms with van der Waals surface area (Å²) in [5.41, 5.74) is 4.01. The molecule has 1 aromatic heterocycles.